The number of morpholine rings is 1. The van der Waals surface area contributed by atoms with E-state index in [9.17, 15) is 0 Å². The maximum Gasteiger partial charge on any atom is 0.213 e. The Bertz CT molecular complexity index is 1120. The van der Waals surface area contributed by atoms with Crippen LogP contribution in [-0.4, -0.2) is 26.3 Å². The van der Waals surface area contributed by atoms with Crippen LogP contribution in [0.25, 0.3) is 32.9 Å². The first-order valence-corrected chi connectivity index (χ1v) is 10.2. The normalized spacial score (nSPS) is 13.9. The molecule has 0 radical (unpaired) electrons. The fraction of sp³-hybridized carbons (Fsp3) is 0.192. The van der Waals surface area contributed by atoms with Crippen LogP contribution < -0.4 is 21.9 Å². The minimum absolute atomic E-state index is 0. The third kappa shape index (κ3) is 3.55. The Morgan fingerprint density at radius 3 is 1.97 bits per heavy atom. The van der Waals surface area contributed by atoms with E-state index in [0.29, 0.717) is 0 Å². The summed E-state index contributed by atoms with van der Waals surface area (Å²) in [5.74, 6) is 0. The van der Waals surface area contributed by atoms with Gasteiger partial charge in [-0.1, -0.05) is 43.0 Å². The van der Waals surface area contributed by atoms with E-state index in [1.807, 2.05) is 6.08 Å². The van der Waals surface area contributed by atoms with Crippen molar-refractivity contribution >= 4 is 27.5 Å². The number of nitrogens with zero attached hydrogens (tertiary/aromatic N) is 2. The SMILES string of the molecule is C=CC[n+]1c2ccccc2c(-c2ccc(N3CCOCC3)cc2)c2ccccc21.[Cl-]. The second-order valence-corrected chi connectivity index (χ2v) is 7.45. The van der Waals surface area contributed by atoms with Crippen molar-refractivity contribution in [3.8, 4) is 11.1 Å². The highest BCUT2D eigenvalue weighted by molar-refractivity contribution is 6.07. The Hall–Kier alpha value is -2.88. The third-order valence-corrected chi connectivity index (χ3v) is 5.77. The van der Waals surface area contributed by atoms with Gasteiger partial charge in [0.1, 0.15) is 0 Å². The fourth-order valence-corrected chi connectivity index (χ4v) is 4.41. The van der Waals surface area contributed by atoms with Crippen LogP contribution in [0.2, 0.25) is 0 Å². The predicted molar refractivity (Wildman–Crippen MR) is 120 cm³/mol. The Labute approximate surface area is 183 Å². The first-order valence-electron chi connectivity index (χ1n) is 10.2. The second kappa shape index (κ2) is 8.86. The minimum atomic E-state index is 0. The van der Waals surface area contributed by atoms with E-state index in [1.54, 1.807) is 0 Å². The number of fused-ring (bicyclic) bond motifs is 2. The molecule has 3 aromatic carbocycles. The predicted octanol–water partition coefficient (Wildman–Crippen LogP) is 1.97. The van der Waals surface area contributed by atoms with E-state index >= 15 is 0 Å². The highest BCUT2D eigenvalue weighted by Crippen LogP contribution is 2.35. The van der Waals surface area contributed by atoms with Crippen molar-refractivity contribution in [3.05, 3.63) is 85.5 Å². The van der Waals surface area contributed by atoms with Gasteiger partial charge in [0.15, 0.2) is 6.54 Å². The zero-order chi connectivity index (χ0) is 19.6. The van der Waals surface area contributed by atoms with Gasteiger partial charge in [-0.2, -0.15) is 4.57 Å². The molecule has 4 aromatic rings. The fourth-order valence-electron chi connectivity index (χ4n) is 4.41. The number of hydrogen-bond donors (Lipinski definition) is 0. The molecule has 0 spiro atoms. The Balaban J connectivity index is 0.00000218. The number of para-hydroxylation sites is 2. The lowest BCUT2D eigenvalue weighted by atomic mass is 9.95. The molecule has 0 unspecified atom stereocenters. The van der Waals surface area contributed by atoms with Gasteiger partial charge < -0.3 is 22.0 Å². The summed E-state index contributed by atoms with van der Waals surface area (Å²) >= 11 is 0. The Morgan fingerprint density at radius 2 is 1.40 bits per heavy atom. The smallest absolute Gasteiger partial charge is 0.213 e. The lowest BCUT2D eigenvalue weighted by molar-refractivity contribution is -0.634. The van der Waals surface area contributed by atoms with Gasteiger partial charge in [-0.15, -0.1) is 0 Å². The Morgan fingerprint density at radius 1 is 0.833 bits per heavy atom. The number of rotatable bonds is 4. The van der Waals surface area contributed by atoms with Crippen molar-refractivity contribution in [3.63, 3.8) is 0 Å². The molecule has 2 heterocycles. The van der Waals surface area contributed by atoms with E-state index in [-0.39, 0.29) is 12.4 Å². The van der Waals surface area contributed by atoms with E-state index in [4.69, 9.17) is 4.74 Å². The number of benzene rings is 3. The molecule has 1 aromatic heterocycles. The van der Waals surface area contributed by atoms with Crippen LogP contribution in [0.4, 0.5) is 5.69 Å². The topological polar surface area (TPSA) is 16.4 Å². The van der Waals surface area contributed by atoms with Gasteiger partial charge in [-0.05, 0) is 35.9 Å². The molecule has 4 heteroatoms. The zero-order valence-electron chi connectivity index (χ0n) is 16.9. The largest absolute Gasteiger partial charge is 1.00 e. The van der Waals surface area contributed by atoms with Gasteiger partial charge in [0.25, 0.3) is 0 Å². The second-order valence-electron chi connectivity index (χ2n) is 7.45. The van der Waals surface area contributed by atoms with Crippen molar-refractivity contribution < 1.29 is 21.7 Å². The molecule has 0 bridgehead atoms. The van der Waals surface area contributed by atoms with Crippen LogP contribution in [0, 0.1) is 0 Å². The summed E-state index contributed by atoms with van der Waals surface area (Å²) < 4.78 is 7.84. The van der Waals surface area contributed by atoms with Gasteiger partial charge in [0.05, 0.1) is 24.0 Å². The monoisotopic (exact) mass is 416 g/mol. The quantitative estimate of drug-likeness (QED) is 0.287. The van der Waals surface area contributed by atoms with Crippen LogP contribution in [-0.2, 0) is 11.3 Å². The summed E-state index contributed by atoms with van der Waals surface area (Å²) in [6.07, 6.45) is 1.97. The molecule has 0 saturated carbocycles. The molecule has 1 aliphatic heterocycles. The lowest BCUT2D eigenvalue weighted by Gasteiger charge is -2.29. The van der Waals surface area contributed by atoms with E-state index in [1.165, 1.54) is 38.6 Å². The summed E-state index contributed by atoms with van der Waals surface area (Å²) in [5, 5.41) is 2.54. The van der Waals surface area contributed by atoms with Gasteiger partial charge in [-0.25, -0.2) is 0 Å². The first kappa shape index (κ1) is 20.4. The maximum atomic E-state index is 5.49. The van der Waals surface area contributed by atoms with E-state index in [0.717, 1.165) is 32.8 Å². The highest BCUT2D eigenvalue weighted by atomic mass is 35.5. The molecular weight excluding hydrogens is 392 g/mol. The third-order valence-electron chi connectivity index (χ3n) is 5.77. The number of pyridine rings is 1. The van der Waals surface area contributed by atoms with Crippen molar-refractivity contribution in [1.82, 2.24) is 0 Å². The van der Waals surface area contributed by atoms with E-state index < -0.39 is 0 Å². The number of anilines is 1. The molecule has 0 N–H and O–H groups in total. The average molecular weight is 417 g/mol. The number of halogens is 1. The summed E-state index contributed by atoms with van der Waals surface area (Å²) in [5.41, 5.74) is 6.28. The molecule has 1 fully saturated rings. The molecule has 1 aliphatic rings. The van der Waals surface area contributed by atoms with Gasteiger partial charge in [0.2, 0.25) is 11.0 Å². The zero-order valence-corrected chi connectivity index (χ0v) is 17.7. The van der Waals surface area contributed by atoms with Gasteiger partial charge in [-0.3, -0.25) is 0 Å². The lowest BCUT2D eigenvalue weighted by Crippen LogP contribution is -3.00. The molecule has 0 atom stereocenters. The van der Waals surface area contributed by atoms with Gasteiger partial charge >= 0.3 is 0 Å². The number of hydrogen-bond acceptors (Lipinski definition) is 2. The average Bonchev–Trinajstić information content (AvgIpc) is 2.80. The molecule has 0 amide bonds. The summed E-state index contributed by atoms with van der Waals surface area (Å²) in [6.45, 7) is 8.28. The van der Waals surface area contributed by atoms with Crippen LogP contribution >= 0.6 is 0 Å². The molecule has 0 aliphatic carbocycles. The van der Waals surface area contributed by atoms with Crippen molar-refractivity contribution in [1.29, 1.82) is 0 Å². The number of allylic oxidation sites excluding steroid dienone is 1. The molecule has 1 saturated heterocycles. The molecular formula is C26H25ClN2O. The number of aromatic nitrogens is 1. The van der Waals surface area contributed by atoms with Crippen molar-refractivity contribution in [2.24, 2.45) is 0 Å². The van der Waals surface area contributed by atoms with Crippen molar-refractivity contribution in [2.45, 2.75) is 6.54 Å². The van der Waals surface area contributed by atoms with Gasteiger partial charge in [0, 0.05) is 36.5 Å². The van der Waals surface area contributed by atoms with Crippen molar-refractivity contribution in [2.75, 3.05) is 31.2 Å². The minimum Gasteiger partial charge on any atom is -1.00 e. The van der Waals surface area contributed by atoms with E-state index in [2.05, 4.69) is 88.8 Å². The summed E-state index contributed by atoms with van der Waals surface area (Å²) in [6, 6.07) is 26.4. The summed E-state index contributed by atoms with van der Waals surface area (Å²) in [4.78, 5) is 2.40. The maximum absolute atomic E-state index is 5.49. The number of ether oxygens (including phenoxy) is 1. The summed E-state index contributed by atoms with van der Waals surface area (Å²) in [7, 11) is 0. The van der Waals surface area contributed by atoms with Crippen LogP contribution in [0.5, 0.6) is 0 Å². The molecule has 3 nitrogen and oxygen atoms in total. The first-order chi connectivity index (χ1) is 14.4. The van der Waals surface area contributed by atoms with Crippen LogP contribution in [0.3, 0.4) is 0 Å². The molecule has 152 valence electrons. The van der Waals surface area contributed by atoms with Crippen LogP contribution in [0.1, 0.15) is 0 Å². The highest BCUT2D eigenvalue weighted by Gasteiger charge is 2.20. The standard InChI is InChI=1S/C26H25N2O.ClH/c1-2-15-28-24-9-5-3-7-22(24)26(23-8-4-6-10-25(23)28)20-11-13-21(14-12-20)27-16-18-29-19-17-27;/h2-14H,1,15-19H2;1H/q+1;/p-1. The Kier molecular flexibility index (Phi) is 6.03. The molecule has 5 rings (SSSR count). The van der Waals surface area contributed by atoms with Crippen LogP contribution in [0.15, 0.2) is 85.5 Å². The molecule has 30 heavy (non-hydrogen) atoms.